The maximum atomic E-state index is 12.3. The van der Waals surface area contributed by atoms with Crippen molar-refractivity contribution in [2.24, 2.45) is 5.92 Å². The molecule has 3 nitrogen and oxygen atoms in total. The van der Waals surface area contributed by atoms with Crippen LogP contribution in [0.3, 0.4) is 0 Å². The van der Waals surface area contributed by atoms with E-state index in [4.69, 9.17) is 0 Å². The summed E-state index contributed by atoms with van der Waals surface area (Å²) in [5, 5.41) is 0. The molecule has 6 heteroatoms. The standard InChI is InChI=1S/C12H9F3O3/c1-7(16)9(11(18)12(13,14)15)10(17)8-5-3-2-4-6-8/h2-6,9H,1H3. The molecule has 18 heavy (non-hydrogen) atoms. The Morgan fingerprint density at radius 3 is 1.94 bits per heavy atom. The second-order valence-electron chi connectivity index (χ2n) is 3.64. The fourth-order valence-electron chi connectivity index (χ4n) is 1.42. The molecule has 0 aliphatic carbocycles. The smallest absolute Gasteiger partial charge is 0.299 e. The fourth-order valence-corrected chi connectivity index (χ4v) is 1.42. The number of halogens is 3. The zero-order valence-corrected chi connectivity index (χ0v) is 9.32. The van der Waals surface area contributed by atoms with E-state index in [-0.39, 0.29) is 5.56 Å². The third-order valence-electron chi connectivity index (χ3n) is 2.27. The molecule has 0 bridgehead atoms. The topological polar surface area (TPSA) is 51.2 Å². The van der Waals surface area contributed by atoms with Gasteiger partial charge in [-0.1, -0.05) is 30.3 Å². The number of alkyl halides is 3. The summed E-state index contributed by atoms with van der Waals surface area (Å²) in [5.74, 6) is -6.90. The number of ketones is 3. The van der Waals surface area contributed by atoms with E-state index in [1.807, 2.05) is 0 Å². The quantitative estimate of drug-likeness (QED) is 0.614. The van der Waals surface area contributed by atoms with Gasteiger partial charge in [0.1, 0.15) is 11.7 Å². The lowest BCUT2D eigenvalue weighted by molar-refractivity contribution is -0.174. The van der Waals surface area contributed by atoms with Crippen molar-refractivity contribution in [3.8, 4) is 0 Å². The highest BCUT2D eigenvalue weighted by atomic mass is 19.4. The predicted molar refractivity (Wildman–Crippen MR) is 56.0 cm³/mol. The van der Waals surface area contributed by atoms with E-state index in [0.717, 1.165) is 6.92 Å². The molecular weight excluding hydrogens is 249 g/mol. The van der Waals surface area contributed by atoms with Crippen LogP contribution in [0.15, 0.2) is 30.3 Å². The minimum atomic E-state index is -5.21. The molecule has 0 heterocycles. The molecule has 0 saturated heterocycles. The van der Waals surface area contributed by atoms with Crippen molar-refractivity contribution < 1.29 is 27.6 Å². The van der Waals surface area contributed by atoms with Crippen molar-refractivity contribution in [2.75, 3.05) is 0 Å². The van der Waals surface area contributed by atoms with Gasteiger partial charge in [-0.25, -0.2) is 0 Å². The van der Waals surface area contributed by atoms with Crippen LogP contribution >= 0.6 is 0 Å². The molecule has 0 aromatic heterocycles. The van der Waals surface area contributed by atoms with E-state index in [2.05, 4.69) is 0 Å². The fraction of sp³-hybridized carbons (Fsp3) is 0.250. The first kappa shape index (κ1) is 14.1. The highest BCUT2D eigenvalue weighted by Gasteiger charge is 2.48. The molecule has 0 fully saturated rings. The molecule has 1 atom stereocenters. The number of carbonyl (C=O) groups is 3. The number of Topliss-reactive ketones (excluding diaryl/α,β-unsaturated/α-hetero) is 3. The largest absolute Gasteiger partial charge is 0.451 e. The molecule has 0 aliphatic heterocycles. The van der Waals surface area contributed by atoms with E-state index < -0.39 is 29.4 Å². The second kappa shape index (κ2) is 5.12. The summed E-state index contributed by atoms with van der Waals surface area (Å²) in [4.78, 5) is 33.9. The van der Waals surface area contributed by atoms with Crippen molar-refractivity contribution in [3.05, 3.63) is 35.9 Å². The van der Waals surface area contributed by atoms with Crippen LogP contribution in [0.5, 0.6) is 0 Å². The Morgan fingerprint density at radius 2 is 1.56 bits per heavy atom. The maximum Gasteiger partial charge on any atom is 0.451 e. The second-order valence-corrected chi connectivity index (χ2v) is 3.64. The molecule has 1 aromatic carbocycles. The summed E-state index contributed by atoms with van der Waals surface area (Å²) in [6, 6.07) is 6.93. The molecule has 1 unspecified atom stereocenters. The Balaban J connectivity index is 3.12. The van der Waals surface area contributed by atoms with Gasteiger partial charge in [0.2, 0.25) is 0 Å². The van der Waals surface area contributed by atoms with E-state index in [9.17, 15) is 27.6 Å². The zero-order chi connectivity index (χ0) is 13.9. The molecule has 0 saturated carbocycles. The molecule has 1 aromatic rings. The lowest BCUT2D eigenvalue weighted by Gasteiger charge is -2.13. The normalized spacial score (nSPS) is 12.9. The van der Waals surface area contributed by atoms with Crippen LogP contribution < -0.4 is 0 Å². The minimum absolute atomic E-state index is 0.102. The zero-order valence-electron chi connectivity index (χ0n) is 9.32. The molecular formula is C12H9F3O3. The van der Waals surface area contributed by atoms with Gasteiger partial charge >= 0.3 is 6.18 Å². The lowest BCUT2D eigenvalue weighted by atomic mass is 9.90. The van der Waals surface area contributed by atoms with Crippen molar-refractivity contribution >= 4 is 17.3 Å². The molecule has 0 aliphatic rings. The lowest BCUT2D eigenvalue weighted by Crippen LogP contribution is -2.39. The monoisotopic (exact) mass is 258 g/mol. The van der Waals surface area contributed by atoms with Crippen LogP contribution in [0.4, 0.5) is 13.2 Å². The maximum absolute atomic E-state index is 12.3. The van der Waals surface area contributed by atoms with Gasteiger partial charge in [0.25, 0.3) is 5.78 Å². The van der Waals surface area contributed by atoms with Gasteiger partial charge in [0, 0.05) is 5.56 Å². The summed E-state index contributed by atoms with van der Waals surface area (Å²) < 4.78 is 36.8. The van der Waals surface area contributed by atoms with Gasteiger partial charge < -0.3 is 0 Å². The van der Waals surface area contributed by atoms with E-state index in [1.54, 1.807) is 6.07 Å². The summed E-state index contributed by atoms with van der Waals surface area (Å²) in [6.07, 6.45) is -5.21. The van der Waals surface area contributed by atoms with Crippen molar-refractivity contribution in [1.29, 1.82) is 0 Å². The predicted octanol–water partition coefficient (Wildman–Crippen LogP) is 2.21. The Kier molecular flexibility index (Phi) is 4.00. The highest BCUT2D eigenvalue weighted by molar-refractivity contribution is 6.24. The van der Waals surface area contributed by atoms with Gasteiger partial charge in [-0.3, -0.25) is 14.4 Å². The Labute approximate surface area is 101 Å². The Bertz CT molecular complexity index is 477. The van der Waals surface area contributed by atoms with Gasteiger partial charge in [0.15, 0.2) is 5.78 Å². The Hall–Kier alpha value is -1.98. The van der Waals surface area contributed by atoms with Gasteiger partial charge in [-0.2, -0.15) is 13.2 Å². The van der Waals surface area contributed by atoms with E-state index >= 15 is 0 Å². The van der Waals surface area contributed by atoms with Gasteiger partial charge in [-0.15, -0.1) is 0 Å². The van der Waals surface area contributed by atoms with Crippen LogP contribution in [-0.2, 0) is 9.59 Å². The number of hydrogen-bond donors (Lipinski definition) is 0. The van der Waals surface area contributed by atoms with E-state index in [1.165, 1.54) is 24.3 Å². The summed E-state index contributed by atoms with van der Waals surface area (Å²) in [5.41, 5.74) is -0.102. The average Bonchev–Trinajstić information content (AvgIpc) is 2.28. The molecule has 0 radical (unpaired) electrons. The van der Waals surface area contributed by atoms with Crippen LogP contribution in [0.1, 0.15) is 17.3 Å². The SMILES string of the molecule is CC(=O)C(C(=O)c1ccccc1)C(=O)C(F)(F)F. The van der Waals surface area contributed by atoms with Crippen molar-refractivity contribution in [2.45, 2.75) is 13.1 Å². The van der Waals surface area contributed by atoms with Crippen LogP contribution in [-0.4, -0.2) is 23.5 Å². The highest BCUT2D eigenvalue weighted by Crippen LogP contribution is 2.24. The van der Waals surface area contributed by atoms with Crippen LogP contribution in [0, 0.1) is 5.92 Å². The number of rotatable bonds is 4. The number of hydrogen-bond acceptors (Lipinski definition) is 3. The third-order valence-corrected chi connectivity index (χ3v) is 2.27. The molecule has 96 valence electrons. The summed E-state index contributed by atoms with van der Waals surface area (Å²) in [6.45, 7) is 0.787. The van der Waals surface area contributed by atoms with Gasteiger partial charge in [0.05, 0.1) is 0 Å². The molecule has 0 spiro atoms. The first-order chi connectivity index (χ1) is 8.25. The number of benzene rings is 1. The van der Waals surface area contributed by atoms with Crippen molar-refractivity contribution in [1.82, 2.24) is 0 Å². The van der Waals surface area contributed by atoms with E-state index in [0.29, 0.717) is 0 Å². The van der Waals surface area contributed by atoms with Crippen molar-refractivity contribution in [3.63, 3.8) is 0 Å². The third kappa shape index (κ3) is 3.03. The first-order valence-corrected chi connectivity index (χ1v) is 4.96. The molecule has 1 rings (SSSR count). The Morgan fingerprint density at radius 1 is 1.06 bits per heavy atom. The molecule has 0 N–H and O–H groups in total. The molecule has 0 amide bonds. The van der Waals surface area contributed by atoms with Crippen LogP contribution in [0.2, 0.25) is 0 Å². The minimum Gasteiger partial charge on any atom is -0.299 e. The number of carbonyl (C=O) groups excluding carboxylic acids is 3. The van der Waals surface area contributed by atoms with Gasteiger partial charge in [-0.05, 0) is 6.92 Å². The summed E-state index contributed by atoms with van der Waals surface area (Å²) >= 11 is 0. The first-order valence-electron chi connectivity index (χ1n) is 4.96. The van der Waals surface area contributed by atoms with Crippen LogP contribution in [0.25, 0.3) is 0 Å². The average molecular weight is 258 g/mol. The summed E-state index contributed by atoms with van der Waals surface area (Å²) in [7, 11) is 0.